The van der Waals surface area contributed by atoms with Crippen LogP contribution in [0.15, 0.2) is 48.6 Å². The molecular formula is C71H130O6. The average Bonchev–Trinajstić information content (AvgIpc) is 3.43. The lowest BCUT2D eigenvalue weighted by molar-refractivity contribution is -0.167. The maximum absolute atomic E-state index is 12.9. The Bertz CT molecular complexity index is 1330. The normalized spacial score (nSPS) is 12.3. The smallest absolute Gasteiger partial charge is 0.306 e. The average molecular weight is 1080 g/mol. The fourth-order valence-corrected chi connectivity index (χ4v) is 10.2. The van der Waals surface area contributed by atoms with Crippen LogP contribution in [0.1, 0.15) is 367 Å². The maximum atomic E-state index is 12.9. The van der Waals surface area contributed by atoms with Crippen LogP contribution < -0.4 is 0 Å². The minimum atomic E-state index is -0.776. The first-order chi connectivity index (χ1) is 38.0. The summed E-state index contributed by atoms with van der Waals surface area (Å²) < 4.78 is 17.0. The van der Waals surface area contributed by atoms with Crippen molar-refractivity contribution < 1.29 is 28.6 Å². The summed E-state index contributed by atoms with van der Waals surface area (Å²) in [6, 6.07) is 0. The van der Waals surface area contributed by atoms with Crippen molar-refractivity contribution in [3.63, 3.8) is 0 Å². The van der Waals surface area contributed by atoms with E-state index >= 15 is 0 Å². The van der Waals surface area contributed by atoms with Crippen LogP contribution in [0.4, 0.5) is 0 Å². The summed E-state index contributed by atoms with van der Waals surface area (Å²) in [6.07, 6.45) is 82.6. The molecule has 0 aliphatic rings. The van der Waals surface area contributed by atoms with Gasteiger partial charge in [0.05, 0.1) is 0 Å². The first kappa shape index (κ1) is 74.4. The van der Waals surface area contributed by atoms with E-state index in [-0.39, 0.29) is 31.1 Å². The molecule has 0 aromatic heterocycles. The molecule has 0 heterocycles. The van der Waals surface area contributed by atoms with E-state index in [2.05, 4.69) is 69.4 Å². The molecule has 0 aromatic rings. The monoisotopic (exact) mass is 1080 g/mol. The number of rotatable bonds is 63. The number of hydrogen-bond acceptors (Lipinski definition) is 6. The van der Waals surface area contributed by atoms with Gasteiger partial charge in [-0.05, 0) is 83.5 Å². The Morgan fingerprint density at radius 3 is 0.740 bits per heavy atom. The van der Waals surface area contributed by atoms with Gasteiger partial charge in [-0.2, -0.15) is 0 Å². The van der Waals surface area contributed by atoms with Crippen LogP contribution >= 0.6 is 0 Å². The second kappa shape index (κ2) is 65.9. The van der Waals surface area contributed by atoms with Gasteiger partial charge in [-0.1, -0.05) is 313 Å². The molecule has 6 heteroatoms. The van der Waals surface area contributed by atoms with Crippen LogP contribution in [0.3, 0.4) is 0 Å². The number of allylic oxidation sites excluding steroid dienone is 8. The third-order valence-corrected chi connectivity index (χ3v) is 15.3. The predicted molar refractivity (Wildman–Crippen MR) is 335 cm³/mol. The lowest BCUT2D eigenvalue weighted by Crippen LogP contribution is -2.30. The number of unbranched alkanes of at least 4 members (excludes halogenated alkanes) is 44. The Kier molecular flexibility index (Phi) is 63.6. The molecule has 0 N–H and O–H groups in total. The zero-order chi connectivity index (χ0) is 55.7. The van der Waals surface area contributed by atoms with Crippen LogP contribution in [-0.4, -0.2) is 37.2 Å². The highest BCUT2D eigenvalue weighted by molar-refractivity contribution is 5.71. The van der Waals surface area contributed by atoms with Crippen LogP contribution in [0.25, 0.3) is 0 Å². The van der Waals surface area contributed by atoms with Crippen molar-refractivity contribution in [2.24, 2.45) is 0 Å². The van der Waals surface area contributed by atoms with Crippen molar-refractivity contribution in [3.8, 4) is 0 Å². The summed E-state index contributed by atoms with van der Waals surface area (Å²) in [5.74, 6) is -0.857. The number of hydrogen-bond donors (Lipinski definition) is 0. The van der Waals surface area contributed by atoms with Crippen molar-refractivity contribution in [3.05, 3.63) is 48.6 Å². The van der Waals surface area contributed by atoms with Gasteiger partial charge in [-0.25, -0.2) is 0 Å². The van der Waals surface area contributed by atoms with Gasteiger partial charge in [0.2, 0.25) is 0 Å². The summed E-state index contributed by atoms with van der Waals surface area (Å²) in [5.41, 5.74) is 0. The van der Waals surface area contributed by atoms with Gasteiger partial charge in [0, 0.05) is 19.3 Å². The molecule has 0 radical (unpaired) electrons. The highest BCUT2D eigenvalue weighted by atomic mass is 16.6. The molecule has 0 bridgehead atoms. The van der Waals surface area contributed by atoms with E-state index in [1.807, 2.05) is 0 Å². The third-order valence-electron chi connectivity index (χ3n) is 15.3. The second-order valence-electron chi connectivity index (χ2n) is 23.1. The molecule has 1 atom stereocenters. The van der Waals surface area contributed by atoms with Gasteiger partial charge in [0.25, 0.3) is 0 Å². The summed E-state index contributed by atoms with van der Waals surface area (Å²) in [6.45, 7) is 6.66. The number of esters is 3. The zero-order valence-corrected chi connectivity index (χ0v) is 51.7. The molecule has 0 aliphatic heterocycles. The highest BCUT2D eigenvalue weighted by Gasteiger charge is 2.19. The van der Waals surface area contributed by atoms with Gasteiger partial charge in [0.15, 0.2) is 6.10 Å². The molecule has 77 heavy (non-hydrogen) atoms. The summed E-state index contributed by atoms with van der Waals surface area (Å²) in [7, 11) is 0. The number of ether oxygens (including phenoxy) is 3. The summed E-state index contributed by atoms with van der Waals surface area (Å²) in [5, 5.41) is 0. The van der Waals surface area contributed by atoms with E-state index in [9.17, 15) is 14.4 Å². The Hall–Kier alpha value is -2.63. The van der Waals surface area contributed by atoms with Crippen LogP contribution in [0.5, 0.6) is 0 Å². The predicted octanol–water partition coefficient (Wildman–Crippen LogP) is 23.3. The molecule has 0 aromatic carbocycles. The number of carbonyl (C=O) groups excluding carboxylic acids is 3. The van der Waals surface area contributed by atoms with Crippen molar-refractivity contribution in [2.45, 2.75) is 374 Å². The number of carbonyl (C=O) groups is 3. The molecule has 0 saturated heterocycles. The molecule has 0 spiro atoms. The second-order valence-corrected chi connectivity index (χ2v) is 23.1. The quantitative estimate of drug-likeness (QED) is 0.0261. The van der Waals surface area contributed by atoms with Crippen LogP contribution in [0.2, 0.25) is 0 Å². The minimum Gasteiger partial charge on any atom is -0.462 e. The van der Waals surface area contributed by atoms with E-state index in [0.717, 1.165) is 77.0 Å². The highest BCUT2D eigenvalue weighted by Crippen LogP contribution is 2.18. The molecule has 0 saturated carbocycles. The largest absolute Gasteiger partial charge is 0.462 e. The molecule has 0 fully saturated rings. The maximum Gasteiger partial charge on any atom is 0.306 e. The van der Waals surface area contributed by atoms with Gasteiger partial charge < -0.3 is 14.2 Å². The molecule has 450 valence electrons. The van der Waals surface area contributed by atoms with Gasteiger partial charge in [-0.15, -0.1) is 0 Å². The fraction of sp³-hybridized carbons (Fsp3) is 0.845. The Morgan fingerprint density at radius 2 is 0.468 bits per heavy atom. The molecule has 0 aliphatic carbocycles. The van der Waals surface area contributed by atoms with Crippen molar-refractivity contribution in [2.75, 3.05) is 13.2 Å². The van der Waals surface area contributed by atoms with E-state index < -0.39 is 6.10 Å². The van der Waals surface area contributed by atoms with E-state index in [1.54, 1.807) is 0 Å². The first-order valence-electron chi connectivity index (χ1n) is 34.1. The third kappa shape index (κ3) is 64.1. The van der Waals surface area contributed by atoms with Gasteiger partial charge in [0.1, 0.15) is 13.2 Å². The lowest BCUT2D eigenvalue weighted by Gasteiger charge is -2.18. The van der Waals surface area contributed by atoms with Gasteiger partial charge >= 0.3 is 17.9 Å². The lowest BCUT2D eigenvalue weighted by atomic mass is 10.0. The summed E-state index contributed by atoms with van der Waals surface area (Å²) in [4.78, 5) is 38.4. The van der Waals surface area contributed by atoms with E-state index in [1.165, 1.54) is 250 Å². The molecule has 6 nitrogen and oxygen atoms in total. The minimum absolute atomic E-state index is 0.0728. The van der Waals surface area contributed by atoms with E-state index in [0.29, 0.717) is 19.3 Å². The Labute approximate surface area is 479 Å². The molecular weight excluding hydrogens is 949 g/mol. The van der Waals surface area contributed by atoms with Crippen molar-refractivity contribution in [1.29, 1.82) is 0 Å². The molecule has 0 rings (SSSR count). The standard InChI is InChI=1S/C71H130O6/c1-4-7-10-13-16-19-22-25-28-31-33-34-35-36-38-40-43-46-49-52-55-58-61-64-70(73)76-67-68(66-75-69(72)63-60-57-54-51-48-45-42-39-30-27-24-21-18-15-12-9-6-3)77-71(74)65-62-59-56-53-50-47-44-41-37-32-29-26-23-20-17-14-11-8-5-2/h18,21-22,25,27,30-31,33,68H,4-17,19-20,23-24,26,28-29,32,34-67H2,1-3H3/b21-18-,25-22-,30-27-,33-31-. The Morgan fingerprint density at radius 1 is 0.260 bits per heavy atom. The van der Waals surface area contributed by atoms with Crippen molar-refractivity contribution in [1.82, 2.24) is 0 Å². The first-order valence-corrected chi connectivity index (χ1v) is 34.1. The molecule has 0 amide bonds. The zero-order valence-electron chi connectivity index (χ0n) is 51.7. The topological polar surface area (TPSA) is 78.9 Å². The van der Waals surface area contributed by atoms with E-state index in [4.69, 9.17) is 14.2 Å². The van der Waals surface area contributed by atoms with Crippen LogP contribution in [0, 0.1) is 0 Å². The fourth-order valence-electron chi connectivity index (χ4n) is 10.2. The van der Waals surface area contributed by atoms with Gasteiger partial charge in [-0.3, -0.25) is 14.4 Å². The SMILES string of the molecule is CCCCC/C=C\C/C=C\CCCCCCCCCC(=O)OCC(COC(=O)CCCCCCCCCCCCC/C=C\C/C=C\CCCCCCC)OC(=O)CCCCCCCCCCCCCCCCCCCCC. The molecule has 1 unspecified atom stereocenters. The summed E-state index contributed by atoms with van der Waals surface area (Å²) >= 11 is 0. The van der Waals surface area contributed by atoms with Crippen LogP contribution in [-0.2, 0) is 28.6 Å². The van der Waals surface area contributed by atoms with Crippen molar-refractivity contribution >= 4 is 17.9 Å². The Balaban J connectivity index is 4.32.